The average molecular weight is 352 g/mol. The zero-order valence-electron chi connectivity index (χ0n) is 13.6. The normalized spacial score (nSPS) is 31.3. The van der Waals surface area contributed by atoms with Gasteiger partial charge in [-0.2, -0.15) is 0 Å². The van der Waals surface area contributed by atoms with E-state index in [9.17, 15) is 4.79 Å². The van der Waals surface area contributed by atoms with Gasteiger partial charge in [0.15, 0.2) is 10.9 Å². The lowest BCUT2D eigenvalue weighted by atomic mass is 10.2. The molecule has 1 aliphatic carbocycles. The number of ether oxygens (including phenoxy) is 3. The summed E-state index contributed by atoms with van der Waals surface area (Å²) in [5.41, 5.74) is 1.51. The lowest BCUT2D eigenvalue weighted by Crippen LogP contribution is -2.32. The maximum atomic E-state index is 11.4. The number of imidazole rings is 1. The van der Waals surface area contributed by atoms with E-state index in [0.29, 0.717) is 11.6 Å². The second-order valence-corrected chi connectivity index (χ2v) is 7.00. The highest BCUT2D eigenvalue weighted by Gasteiger charge is 2.56. The quantitative estimate of drug-likeness (QED) is 0.611. The molecule has 0 spiro atoms. The fourth-order valence-corrected chi connectivity index (χ4v) is 3.96. The van der Waals surface area contributed by atoms with Crippen LogP contribution in [0.3, 0.4) is 0 Å². The molecule has 2 aromatic rings. The molecule has 24 heavy (non-hydrogen) atoms. The first-order chi connectivity index (χ1) is 11.4. The van der Waals surface area contributed by atoms with Crippen molar-refractivity contribution in [2.24, 2.45) is 0 Å². The zero-order chi connectivity index (χ0) is 17.1. The van der Waals surface area contributed by atoms with Crippen LogP contribution in [0.15, 0.2) is 18.6 Å². The Morgan fingerprint density at radius 2 is 2.12 bits per heavy atom. The van der Waals surface area contributed by atoms with Gasteiger partial charge in [-0.15, -0.1) is 0 Å². The summed E-state index contributed by atoms with van der Waals surface area (Å²) >= 11 is 6.27. The van der Waals surface area contributed by atoms with Crippen LogP contribution >= 0.6 is 11.6 Å². The van der Waals surface area contributed by atoms with Gasteiger partial charge in [-0.3, -0.25) is 4.79 Å². The Kier molecular flexibility index (Phi) is 3.56. The first-order valence-electron chi connectivity index (χ1n) is 7.85. The number of halogens is 1. The topological polar surface area (TPSA) is 75.5 Å². The standard InChI is InChI=1S/C16H18ClN3O4/c1-8(21)22-11-6-10(13-14(11)24-16(2,3)23-13)20-7-19-9-4-5-18-15(17)12(9)20/h4-5,7,10-11,13-14H,6H2,1-3H3/t10-,11-,13-,14+/m1/s1. The van der Waals surface area contributed by atoms with Gasteiger partial charge in [-0.1, -0.05) is 11.6 Å². The van der Waals surface area contributed by atoms with Crippen molar-refractivity contribution in [3.8, 4) is 0 Å². The monoisotopic (exact) mass is 351 g/mol. The number of carbonyl (C=O) groups is 1. The molecule has 0 unspecified atom stereocenters. The highest BCUT2D eigenvalue weighted by Crippen LogP contribution is 2.46. The van der Waals surface area contributed by atoms with Crippen molar-refractivity contribution in [2.45, 2.75) is 57.3 Å². The van der Waals surface area contributed by atoms with E-state index in [-0.39, 0.29) is 30.3 Å². The van der Waals surface area contributed by atoms with Gasteiger partial charge >= 0.3 is 5.97 Å². The lowest BCUT2D eigenvalue weighted by Gasteiger charge is -2.24. The summed E-state index contributed by atoms with van der Waals surface area (Å²) in [6.07, 6.45) is 2.98. The summed E-state index contributed by atoms with van der Waals surface area (Å²) in [6, 6.07) is 1.71. The predicted molar refractivity (Wildman–Crippen MR) is 85.6 cm³/mol. The van der Waals surface area contributed by atoms with Gasteiger partial charge < -0.3 is 18.8 Å². The molecule has 0 N–H and O–H groups in total. The fraction of sp³-hybridized carbons (Fsp3) is 0.562. The van der Waals surface area contributed by atoms with Crippen molar-refractivity contribution in [3.05, 3.63) is 23.7 Å². The van der Waals surface area contributed by atoms with E-state index < -0.39 is 5.79 Å². The van der Waals surface area contributed by atoms with E-state index in [1.807, 2.05) is 24.5 Å². The molecule has 4 atom stereocenters. The van der Waals surface area contributed by atoms with Crippen LogP contribution in [-0.4, -0.2) is 44.6 Å². The molecule has 1 saturated carbocycles. The van der Waals surface area contributed by atoms with Gasteiger partial charge in [0.25, 0.3) is 0 Å². The Balaban J connectivity index is 1.75. The van der Waals surface area contributed by atoms with E-state index in [2.05, 4.69) is 9.97 Å². The molecule has 0 bridgehead atoms. The van der Waals surface area contributed by atoms with Crippen molar-refractivity contribution in [3.63, 3.8) is 0 Å². The highest BCUT2D eigenvalue weighted by atomic mass is 35.5. The van der Waals surface area contributed by atoms with Gasteiger partial charge in [-0.05, 0) is 19.9 Å². The number of carbonyl (C=O) groups excluding carboxylic acids is 1. The van der Waals surface area contributed by atoms with Crippen LogP contribution in [-0.2, 0) is 19.0 Å². The van der Waals surface area contributed by atoms with Crippen LogP contribution in [0.25, 0.3) is 11.0 Å². The van der Waals surface area contributed by atoms with E-state index in [0.717, 1.165) is 11.0 Å². The molecule has 3 heterocycles. The maximum absolute atomic E-state index is 11.4. The van der Waals surface area contributed by atoms with Gasteiger partial charge in [0, 0.05) is 19.5 Å². The molecule has 1 aliphatic heterocycles. The molecule has 4 rings (SSSR count). The maximum Gasteiger partial charge on any atom is 0.302 e. The minimum Gasteiger partial charge on any atom is -0.460 e. The molecular formula is C16H18ClN3O4. The van der Waals surface area contributed by atoms with E-state index in [1.54, 1.807) is 12.5 Å². The number of hydrogen-bond donors (Lipinski definition) is 0. The van der Waals surface area contributed by atoms with Crippen LogP contribution in [0, 0.1) is 0 Å². The van der Waals surface area contributed by atoms with Crippen molar-refractivity contribution in [2.75, 3.05) is 0 Å². The first-order valence-corrected chi connectivity index (χ1v) is 8.23. The van der Waals surface area contributed by atoms with E-state index >= 15 is 0 Å². The lowest BCUT2D eigenvalue weighted by molar-refractivity contribution is -0.176. The number of aromatic nitrogens is 3. The smallest absolute Gasteiger partial charge is 0.302 e. The number of hydrogen-bond acceptors (Lipinski definition) is 6. The Morgan fingerprint density at radius 3 is 2.88 bits per heavy atom. The fourth-order valence-electron chi connectivity index (χ4n) is 3.70. The first kappa shape index (κ1) is 15.8. The van der Waals surface area contributed by atoms with Crippen LogP contribution in [0.4, 0.5) is 0 Å². The number of esters is 1. The minimum absolute atomic E-state index is 0.104. The summed E-state index contributed by atoms with van der Waals surface area (Å²) < 4.78 is 19.5. The molecule has 1 saturated heterocycles. The number of fused-ring (bicyclic) bond motifs is 2. The van der Waals surface area contributed by atoms with Crippen LogP contribution in [0.2, 0.25) is 5.15 Å². The highest BCUT2D eigenvalue weighted by molar-refractivity contribution is 6.33. The molecule has 0 aromatic carbocycles. The van der Waals surface area contributed by atoms with E-state index in [4.69, 9.17) is 25.8 Å². The predicted octanol–water partition coefficient (Wildman–Crippen LogP) is 2.48. The third-order valence-electron chi connectivity index (χ3n) is 4.50. The summed E-state index contributed by atoms with van der Waals surface area (Å²) in [5, 5.41) is 0.385. The SMILES string of the molecule is CC(=O)O[C@@H]1C[C@@H](n2cnc3ccnc(Cl)c32)[C@H]2OC(C)(C)O[C@H]21. The molecule has 7 nitrogen and oxygen atoms in total. The van der Waals surface area contributed by atoms with Crippen molar-refractivity contribution in [1.29, 1.82) is 0 Å². The summed E-state index contributed by atoms with van der Waals surface area (Å²) in [5.74, 6) is -1.06. The van der Waals surface area contributed by atoms with Crippen molar-refractivity contribution >= 4 is 28.6 Å². The number of nitrogens with zero attached hydrogens (tertiary/aromatic N) is 3. The zero-order valence-corrected chi connectivity index (χ0v) is 14.4. The molecule has 128 valence electrons. The third kappa shape index (κ3) is 2.47. The van der Waals surface area contributed by atoms with Crippen molar-refractivity contribution in [1.82, 2.24) is 14.5 Å². The largest absolute Gasteiger partial charge is 0.460 e. The summed E-state index contributed by atoms with van der Waals surface area (Å²) in [6.45, 7) is 5.11. The molecule has 0 amide bonds. The Hall–Kier alpha value is -1.70. The van der Waals surface area contributed by atoms with Gasteiger partial charge in [-0.25, -0.2) is 9.97 Å². The second kappa shape index (κ2) is 5.40. The van der Waals surface area contributed by atoms with Crippen LogP contribution < -0.4 is 0 Å². The van der Waals surface area contributed by atoms with Gasteiger partial charge in [0.05, 0.1) is 17.9 Å². The second-order valence-electron chi connectivity index (χ2n) is 6.64. The number of pyridine rings is 1. The molecule has 0 radical (unpaired) electrons. The van der Waals surface area contributed by atoms with Gasteiger partial charge in [0.1, 0.15) is 23.8 Å². The molecule has 8 heteroatoms. The Morgan fingerprint density at radius 1 is 1.38 bits per heavy atom. The van der Waals surface area contributed by atoms with Crippen LogP contribution in [0.5, 0.6) is 0 Å². The van der Waals surface area contributed by atoms with Gasteiger partial charge in [0.2, 0.25) is 0 Å². The molecule has 2 fully saturated rings. The minimum atomic E-state index is -0.731. The summed E-state index contributed by atoms with van der Waals surface area (Å²) in [4.78, 5) is 20.0. The van der Waals surface area contributed by atoms with E-state index in [1.165, 1.54) is 6.92 Å². The summed E-state index contributed by atoms with van der Waals surface area (Å²) in [7, 11) is 0. The third-order valence-corrected chi connectivity index (χ3v) is 4.77. The molecule has 2 aromatic heterocycles. The number of rotatable bonds is 2. The average Bonchev–Trinajstić information content (AvgIpc) is 3.12. The Bertz CT molecular complexity index is 806. The van der Waals surface area contributed by atoms with Crippen molar-refractivity contribution < 1.29 is 19.0 Å². The molecular weight excluding hydrogens is 334 g/mol. The van der Waals surface area contributed by atoms with Crippen LogP contribution in [0.1, 0.15) is 33.2 Å². The Labute approximate surface area is 143 Å². The molecule has 2 aliphatic rings.